The summed E-state index contributed by atoms with van der Waals surface area (Å²) in [6, 6.07) is 3.60. The molecule has 7 heteroatoms. The average Bonchev–Trinajstić information content (AvgIpc) is 3.07. The zero-order chi connectivity index (χ0) is 14.1. The number of hydrogen-bond donors (Lipinski definition) is 0. The summed E-state index contributed by atoms with van der Waals surface area (Å²) in [5.41, 5.74) is 1.51. The van der Waals surface area contributed by atoms with Gasteiger partial charge in [-0.15, -0.1) is 11.3 Å². The molecule has 0 radical (unpaired) electrons. The van der Waals surface area contributed by atoms with E-state index in [0.717, 1.165) is 10.6 Å². The summed E-state index contributed by atoms with van der Waals surface area (Å²) in [6.45, 7) is 0.171. The van der Waals surface area contributed by atoms with Gasteiger partial charge in [-0.25, -0.2) is 4.98 Å². The van der Waals surface area contributed by atoms with E-state index in [1.54, 1.807) is 6.07 Å². The van der Waals surface area contributed by atoms with Gasteiger partial charge in [0.15, 0.2) is 11.5 Å². The van der Waals surface area contributed by atoms with Crippen molar-refractivity contribution >= 4 is 28.9 Å². The molecule has 2 heterocycles. The number of methoxy groups -OCH3 is 1. The third kappa shape index (κ3) is 2.44. The molecule has 1 aromatic heterocycles. The summed E-state index contributed by atoms with van der Waals surface area (Å²) < 4.78 is 15.2. The second-order valence-corrected chi connectivity index (χ2v) is 5.35. The number of fused-ring (bicyclic) bond motifs is 1. The largest absolute Gasteiger partial charge is 0.469 e. The number of nitrogens with zero attached hydrogens (tertiary/aromatic N) is 1. The van der Waals surface area contributed by atoms with Crippen molar-refractivity contribution in [3.05, 3.63) is 28.2 Å². The van der Waals surface area contributed by atoms with E-state index in [9.17, 15) is 4.79 Å². The van der Waals surface area contributed by atoms with Crippen LogP contribution in [0.3, 0.4) is 0 Å². The highest BCUT2D eigenvalue weighted by molar-refractivity contribution is 7.13. The van der Waals surface area contributed by atoms with Crippen LogP contribution in [0.1, 0.15) is 5.69 Å². The van der Waals surface area contributed by atoms with Gasteiger partial charge >= 0.3 is 5.97 Å². The third-order valence-corrected chi connectivity index (χ3v) is 4.00. The molecule has 0 unspecified atom stereocenters. The second kappa shape index (κ2) is 5.30. The van der Waals surface area contributed by atoms with Crippen LogP contribution in [0.5, 0.6) is 11.5 Å². The van der Waals surface area contributed by atoms with E-state index in [2.05, 4.69) is 9.72 Å². The second-order valence-electron chi connectivity index (χ2n) is 4.09. The quantitative estimate of drug-likeness (QED) is 0.816. The number of hydrogen-bond acceptors (Lipinski definition) is 6. The van der Waals surface area contributed by atoms with E-state index in [0.29, 0.717) is 22.2 Å². The normalized spacial score (nSPS) is 12.5. The fourth-order valence-electron chi connectivity index (χ4n) is 1.83. The summed E-state index contributed by atoms with van der Waals surface area (Å²) in [6.07, 6.45) is 0.158. The molecule has 0 saturated heterocycles. The first kappa shape index (κ1) is 13.2. The van der Waals surface area contributed by atoms with E-state index in [-0.39, 0.29) is 19.2 Å². The molecule has 5 nitrogen and oxygen atoms in total. The van der Waals surface area contributed by atoms with E-state index >= 15 is 0 Å². The Hall–Kier alpha value is -1.79. The number of benzene rings is 1. The predicted molar refractivity (Wildman–Crippen MR) is 74.4 cm³/mol. The molecule has 0 bridgehead atoms. The SMILES string of the molecule is COC(=O)Cc1csc(-c2cc(Cl)c3c(c2)OCO3)n1. The lowest BCUT2D eigenvalue weighted by Crippen LogP contribution is -2.04. The van der Waals surface area contributed by atoms with Crippen LogP contribution in [0.25, 0.3) is 10.6 Å². The minimum Gasteiger partial charge on any atom is -0.469 e. The zero-order valence-corrected chi connectivity index (χ0v) is 12.1. The van der Waals surface area contributed by atoms with Crippen molar-refractivity contribution in [2.24, 2.45) is 0 Å². The van der Waals surface area contributed by atoms with Crippen molar-refractivity contribution in [1.82, 2.24) is 4.98 Å². The number of ether oxygens (including phenoxy) is 3. The summed E-state index contributed by atoms with van der Waals surface area (Å²) >= 11 is 7.57. The van der Waals surface area contributed by atoms with Crippen LogP contribution in [0.4, 0.5) is 0 Å². The number of halogens is 1. The van der Waals surface area contributed by atoms with Crippen molar-refractivity contribution in [2.75, 3.05) is 13.9 Å². The lowest BCUT2D eigenvalue weighted by Gasteiger charge is -2.02. The molecule has 3 rings (SSSR count). The summed E-state index contributed by atoms with van der Waals surface area (Å²) in [7, 11) is 1.35. The highest BCUT2D eigenvalue weighted by Crippen LogP contribution is 2.42. The summed E-state index contributed by atoms with van der Waals surface area (Å²) in [5, 5.41) is 3.08. The van der Waals surface area contributed by atoms with Gasteiger partial charge in [-0.05, 0) is 12.1 Å². The van der Waals surface area contributed by atoms with Crippen LogP contribution < -0.4 is 9.47 Å². The van der Waals surface area contributed by atoms with Gasteiger partial charge in [-0.1, -0.05) is 11.6 Å². The van der Waals surface area contributed by atoms with Gasteiger partial charge in [0.1, 0.15) is 5.01 Å². The van der Waals surface area contributed by atoms with Crippen molar-refractivity contribution < 1.29 is 19.0 Å². The van der Waals surface area contributed by atoms with Crippen molar-refractivity contribution in [3.63, 3.8) is 0 Å². The van der Waals surface area contributed by atoms with Gasteiger partial charge in [-0.2, -0.15) is 0 Å². The van der Waals surface area contributed by atoms with Crippen LogP contribution in [-0.4, -0.2) is 24.9 Å². The number of thiazole rings is 1. The van der Waals surface area contributed by atoms with Gasteiger partial charge in [0.2, 0.25) is 6.79 Å². The fourth-order valence-corrected chi connectivity index (χ4v) is 2.90. The maximum absolute atomic E-state index is 11.2. The molecule has 0 amide bonds. The van der Waals surface area contributed by atoms with Crippen LogP contribution in [0.15, 0.2) is 17.5 Å². The van der Waals surface area contributed by atoms with Gasteiger partial charge < -0.3 is 14.2 Å². The molecular weight excluding hydrogens is 302 g/mol. The van der Waals surface area contributed by atoms with Crippen LogP contribution >= 0.6 is 22.9 Å². The number of esters is 1. The first-order valence-electron chi connectivity index (χ1n) is 5.78. The molecule has 0 saturated carbocycles. The Balaban J connectivity index is 1.90. The molecule has 1 aliphatic heterocycles. The van der Waals surface area contributed by atoms with Gasteiger partial charge in [0.05, 0.1) is 24.2 Å². The van der Waals surface area contributed by atoms with Gasteiger partial charge in [0.25, 0.3) is 0 Å². The minimum absolute atomic E-state index is 0.158. The average molecular weight is 312 g/mol. The van der Waals surface area contributed by atoms with Crippen LogP contribution in [-0.2, 0) is 16.0 Å². The first-order chi connectivity index (χ1) is 9.67. The molecule has 0 fully saturated rings. The van der Waals surface area contributed by atoms with Crippen LogP contribution in [0, 0.1) is 0 Å². The Labute approximate surface area is 124 Å². The van der Waals surface area contributed by atoms with Crippen LogP contribution in [0.2, 0.25) is 5.02 Å². The Kier molecular flexibility index (Phi) is 3.50. The molecule has 2 aromatic rings. The lowest BCUT2D eigenvalue weighted by molar-refractivity contribution is -0.139. The summed E-state index contributed by atoms with van der Waals surface area (Å²) in [4.78, 5) is 15.6. The maximum Gasteiger partial charge on any atom is 0.311 e. The zero-order valence-electron chi connectivity index (χ0n) is 10.5. The number of rotatable bonds is 3. The number of carbonyl (C=O) groups is 1. The first-order valence-corrected chi connectivity index (χ1v) is 7.04. The monoisotopic (exact) mass is 311 g/mol. The van der Waals surface area contributed by atoms with E-state index in [4.69, 9.17) is 21.1 Å². The van der Waals surface area contributed by atoms with Gasteiger partial charge in [-0.3, -0.25) is 4.79 Å². The highest BCUT2D eigenvalue weighted by atomic mass is 35.5. The van der Waals surface area contributed by atoms with E-state index < -0.39 is 0 Å². The topological polar surface area (TPSA) is 57.7 Å². The number of carbonyl (C=O) groups excluding carboxylic acids is 1. The van der Waals surface area contributed by atoms with Gasteiger partial charge in [0, 0.05) is 10.9 Å². The minimum atomic E-state index is -0.314. The Morgan fingerprint density at radius 1 is 1.50 bits per heavy atom. The standard InChI is InChI=1S/C13H10ClNO4S/c1-17-11(16)4-8-5-20-13(15-8)7-2-9(14)12-10(3-7)18-6-19-12/h2-3,5H,4,6H2,1H3. The predicted octanol–water partition coefficient (Wildman–Crippen LogP) is 2.91. The fraction of sp³-hybridized carbons (Fsp3) is 0.231. The van der Waals surface area contributed by atoms with Crippen molar-refractivity contribution in [1.29, 1.82) is 0 Å². The maximum atomic E-state index is 11.2. The molecular formula is C13H10ClNO4S. The smallest absolute Gasteiger partial charge is 0.311 e. The molecule has 1 aliphatic rings. The van der Waals surface area contributed by atoms with Crippen molar-refractivity contribution in [2.45, 2.75) is 6.42 Å². The molecule has 0 aliphatic carbocycles. The summed E-state index contributed by atoms with van der Waals surface area (Å²) in [5.74, 6) is 0.851. The molecule has 0 spiro atoms. The third-order valence-electron chi connectivity index (χ3n) is 2.78. The molecule has 0 atom stereocenters. The molecule has 20 heavy (non-hydrogen) atoms. The molecule has 104 valence electrons. The molecule has 0 N–H and O–H groups in total. The highest BCUT2D eigenvalue weighted by Gasteiger charge is 2.20. The Morgan fingerprint density at radius 3 is 3.15 bits per heavy atom. The molecule has 1 aromatic carbocycles. The lowest BCUT2D eigenvalue weighted by atomic mass is 10.2. The number of aromatic nitrogens is 1. The Morgan fingerprint density at radius 2 is 2.35 bits per heavy atom. The van der Waals surface area contributed by atoms with E-state index in [1.165, 1.54) is 18.4 Å². The van der Waals surface area contributed by atoms with E-state index in [1.807, 2.05) is 11.4 Å². The Bertz CT molecular complexity index is 670. The van der Waals surface area contributed by atoms with Crippen molar-refractivity contribution in [3.8, 4) is 22.1 Å².